The highest BCUT2D eigenvalue weighted by Crippen LogP contribution is 2.43. The molecule has 0 bridgehead atoms. The van der Waals surface area contributed by atoms with Crippen molar-refractivity contribution in [2.75, 3.05) is 23.7 Å². The molecule has 33 heavy (non-hydrogen) atoms. The molecule has 2 saturated heterocycles. The van der Waals surface area contributed by atoms with Crippen LogP contribution in [0, 0.1) is 11.6 Å². The molecule has 2 aromatic carbocycles. The van der Waals surface area contributed by atoms with Crippen LogP contribution < -0.4 is 9.62 Å². The van der Waals surface area contributed by atoms with Crippen molar-refractivity contribution in [2.45, 2.75) is 31.8 Å². The lowest BCUT2D eigenvalue weighted by Crippen LogP contribution is -2.41. The second-order valence-corrected chi connectivity index (χ2v) is 10.7. The number of sulfonamides is 1. The number of amides is 2. The molecule has 8 nitrogen and oxygen atoms in total. The van der Waals surface area contributed by atoms with Crippen molar-refractivity contribution in [2.24, 2.45) is 0 Å². The van der Waals surface area contributed by atoms with E-state index in [0.29, 0.717) is 17.4 Å². The van der Waals surface area contributed by atoms with E-state index in [1.54, 1.807) is 30.0 Å². The molecule has 2 atom stereocenters. The van der Waals surface area contributed by atoms with Gasteiger partial charge in [0.15, 0.2) is 11.4 Å². The Morgan fingerprint density at radius 1 is 1.21 bits per heavy atom. The van der Waals surface area contributed by atoms with E-state index in [2.05, 4.69) is 9.88 Å². The van der Waals surface area contributed by atoms with Crippen LogP contribution in [-0.2, 0) is 10.0 Å². The van der Waals surface area contributed by atoms with E-state index in [9.17, 15) is 22.0 Å². The minimum absolute atomic E-state index is 0.0411. The van der Waals surface area contributed by atoms with Crippen LogP contribution in [0.2, 0.25) is 0 Å². The van der Waals surface area contributed by atoms with E-state index in [4.69, 9.17) is 4.52 Å². The van der Waals surface area contributed by atoms with Crippen molar-refractivity contribution in [3.05, 3.63) is 48.0 Å². The van der Waals surface area contributed by atoms with Gasteiger partial charge in [-0.1, -0.05) is 23.4 Å². The first kappa shape index (κ1) is 21.8. The van der Waals surface area contributed by atoms with Gasteiger partial charge in [0, 0.05) is 18.2 Å². The molecule has 174 valence electrons. The Labute approximate surface area is 189 Å². The summed E-state index contributed by atoms with van der Waals surface area (Å²) in [7, 11) is -3.41. The summed E-state index contributed by atoms with van der Waals surface area (Å²) in [4.78, 5) is 16.4. The minimum atomic E-state index is -3.41. The van der Waals surface area contributed by atoms with Crippen molar-refractivity contribution < 1.29 is 26.5 Å². The summed E-state index contributed by atoms with van der Waals surface area (Å²) in [6.45, 7) is 3.88. The van der Waals surface area contributed by atoms with Gasteiger partial charge in [0.05, 0.1) is 28.8 Å². The van der Waals surface area contributed by atoms with Crippen LogP contribution >= 0.6 is 0 Å². The van der Waals surface area contributed by atoms with Crippen LogP contribution in [0.5, 0.6) is 0 Å². The zero-order valence-electron chi connectivity index (χ0n) is 18.0. The summed E-state index contributed by atoms with van der Waals surface area (Å²) in [6.07, 6.45) is 0.430. The third-order valence-corrected chi connectivity index (χ3v) is 7.85. The Balaban J connectivity index is 1.53. The molecule has 3 heterocycles. The molecule has 0 aliphatic carbocycles. The van der Waals surface area contributed by atoms with Gasteiger partial charge in [-0.3, -0.25) is 4.90 Å². The molecular formula is C22H22F2N4O4S. The maximum Gasteiger partial charge on any atom is 0.326 e. The number of anilines is 1. The molecular weight excluding hydrogens is 454 g/mol. The van der Waals surface area contributed by atoms with Crippen LogP contribution in [-0.4, -0.2) is 54.9 Å². The highest BCUT2D eigenvalue weighted by molar-refractivity contribution is 7.89. The van der Waals surface area contributed by atoms with E-state index < -0.39 is 27.2 Å². The number of carbonyl (C=O) groups excluding carboxylic acids is 1. The van der Waals surface area contributed by atoms with Crippen LogP contribution in [0.3, 0.4) is 0 Å². The third kappa shape index (κ3) is 3.46. The number of hydrogen-bond acceptors (Lipinski definition) is 5. The van der Waals surface area contributed by atoms with E-state index in [0.717, 1.165) is 0 Å². The SMILES string of the molecule is CCS(=O)(=O)N[C@@H]1CN2C(=O)N(c3noc4cccc(-c5c(F)cccc5F)c34)C[C@]2(C)C1. The Bertz CT molecular complexity index is 1360. The topological polar surface area (TPSA) is 95.8 Å². The summed E-state index contributed by atoms with van der Waals surface area (Å²) in [5.41, 5.74) is -0.330. The van der Waals surface area contributed by atoms with E-state index >= 15 is 0 Å². The molecule has 2 aliphatic rings. The fourth-order valence-electron chi connectivity index (χ4n) is 4.86. The number of rotatable bonds is 5. The van der Waals surface area contributed by atoms with Crippen molar-refractivity contribution in [3.63, 3.8) is 0 Å². The lowest BCUT2D eigenvalue weighted by molar-refractivity contribution is 0.197. The highest BCUT2D eigenvalue weighted by Gasteiger charge is 2.54. The molecule has 5 rings (SSSR count). The van der Waals surface area contributed by atoms with Gasteiger partial charge in [0.2, 0.25) is 10.0 Å². The fourth-order valence-corrected chi connectivity index (χ4v) is 5.70. The Hall–Kier alpha value is -3.05. The lowest BCUT2D eigenvalue weighted by atomic mass is 9.98. The van der Waals surface area contributed by atoms with Gasteiger partial charge in [0.25, 0.3) is 0 Å². The van der Waals surface area contributed by atoms with Crippen molar-refractivity contribution in [3.8, 4) is 11.1 Å². The Morgan fingerprint density at radius 3 is 2.58 bits per heavy atom. The number of halogens is 2. The Kier molecular flexibility index (Phi) is 4.94. The predicted octanol–water partition coefficient (Wildman–Crippen LogP) is 3.49. The monoisotopic (exact) mass is 476 g/mol. The number of nitrogens with one attached hydrogen (secondary N) is 1. The lowest BCUT2D eigenvalue weighted by Gasteiger charge is -2.24. The van der Waals surface area contributed by atoms with Crippen molar-refractivity contribution >= 4 is 32.8 Å². The average molecular weight is 477 g/mol. The van der Waals surface area contributed by atoms with Gasteiger partial charge < -0.3 is 9.42 Å². The van der Waals surface area contributed by atoms with Gasteiger partial charge in [0.1, 0.15) is 11.6 Å². The first-order valence-electron chi connectivity index (χ1n) is 10.6. The summed E-state index contributed by atoms with van der Waals surface area (Å²) in [5.74, 6) is -1.34. The standard InChI is InChI=1S/C22H22F2N4O4S/c1-3-33(30,31)26-13-10-22(2)12-27(21(29)28(22)11-13)20-19-14(6-4-9-17(19)32-25-20)18-15(23)7-5-8-16(18)24/h4-9,13,26H,3,10-12H2,1-2H3/t13-,22-/m0/s1. The normalized spacial score (nSPS) is 23.0. The summed E-state index contributed by atoms with van der Waals surface area (Å²) in [6, 6.07) is 7.65. The molecule has 2 amide bonds. The van der Waals surface area contributed by atoms with Crippen LogP contribution in [0.4, 0.5) is 19.4 Å². The van der Waals surface area contributed by atoms with Crippen LogP contribution in [0.1, 0.15) is 20.3 Å². The summed E-state index contributed by atoms with van der Waals surface area (Å²) < 4.78 is 61.2. The summed E-state index contributed by atoms with van der Waals surface area (Å²) >= 11 is 0. The average Bonchev–Trinajstić information content (AvgIpc) is 3.39. The largest absolute Gasteiger partial charge is 0.354 e. The van der Waals surface area contributed by atoms with E-state index in [-0.39, 0.29) is 47.9 Å². The predicted molar refractivity (Wildman–Crippen MR) is 118 cm³/mol. The number of urea groups is 1. The molecule has 3 aromatic rings. The molecule has 1 N–H and O–H groups in total. The molecule has 2 fully saturated rings. The van der Waals surface area contributed by atoms with E-state index in [1.165, 1.54) is 23.1 Å². The zero-order valence-corrected chi connectivity index (χ0v) is 18.8. The first-order chi connectivity index (χ1) is 15.6. The molecule has 1 aromatic heterocycles. The minimum Gasteiger partial charge on any atom is -0.354 e. The number of hydrogen-bond donors (Lipinski definition) is 1. The van der Waals surface area contributed by atoms with Crippen molar-refractivity contribution in [1.82, 2.24) is 14.8 Å². The first-order valence-corrected chi connectivity index (χ1v) is 12.2. The molecule has 0 saturated carbocycles. The molecule has 2 aliphatic heterocycles. The Morgan fingerprint density at radius 2 is 1.91 bits per heavy atom. The molecule has 11 heteroatoms. The smallest absolute Gasteiger partial charge is 0.326 e. The number of aromatic nitrogens is 1. The van der Waals surface area contributed by atoms with Gasteiger partial charge in [-0.15, -0.1) is 0 Å². The quantitative estimate of drug-likeness (QED) is 0.608. The summed E-state index contributed by atoms with van der Waals surface area (Å²) in [5, 5.41) is 4.41. The van der Waals surface area contributed by atoms with Crippen LogP contribution in [0.25, 0.3) is 22.1 Å². The van der Waals surface area contributed by atoms with Crippen LogP contribution in [0.15, 0.2) is 40.9 Å². The van der Waals surface area contributed by atoms with Gasteiger partial charge >= 0.3 is 6.03 Å². The zero-order chi connectivity index (χ0) is 23.5. The number of fused-ring (bicyclic) bond motifs is 2. The second kappa shape index (κ2) is 7.49. The maximum absolute atomic E-state index is 14.6. The molecule has 0 radical (unpaired) electrons. The number of benzene rings is 2. The van der Waals surface area contributed by atoms with Gasteiger partial charge in [-0.05, 0) is 38.5 Å². The van der Waals surface area contributed by atoms with Gasteiger partial charge in [-0.2, -0.15) is 0 Å². The van der Waals surface area contributed by atoms with Gasteiger partial charge in [-0.25, -0.2) is 26.7 Å². The number of nitrogens with zero attached hydrogens (tertiary/aromatic N) is 3. The van der Waals surface area contributed by atoms with Crippen molar-refractivity contribution in [1.29, 1.82) is 0 Å². The second-order valence-electron chi connectivity index (χ2n) is 8.68. The third-order valence-electron chi connectivity index (χ3n) is 6.40. The molecule has 0 spiro atoms. The fraction of sp³-hybridized carbons (Fsp3) is 0.364. The maximum atomic E-state index is 14.6. The highest BCUT2D eigenvalue weighted by atomic mass is 32.2. The van der Waals surface area contributed by atoms with E-state index in [1.807, 2.05) is 6.92 Å². The molecule has 0 unspecified atom stereocenters. The number of carbonyl (C=O) groups is 1.